The smallest absolute Gasteiger partial charge is 0.312 e. The van der Waals surface area contributed by atoms with Crippen LogP contribution in [-0.2, 0) is 20.3 Å². The molecule has 1 fully saturated rings. The first-order valence-corrected chi connectivity index (χ1v) is 8.15. The van der Waals surface area contributed by atoms with Crippen LogP contribution in [0.5, 0.6) is 5.75 Å². The predicted octanol–water partition coefficient (Wildman–Crippen LogP) is 0.570. The molecule has 1 heterocycles. The first-order valence-electron chi connectivity index (χ1n) is 6.59. The molecule has 0 saturated carbocycles. The van der Waals surface area contributed by atoms with E-state index in [2.05, 4.69) is 0 Å². The summed E-state index contributed by atoms with van der Waals surface area (Å²) in [7, 11) is -1.33. The summed E-state index contributed by atoms with van der Waals surface area (Å²) in [5.74, 6) is -0.262. The minimum absolute atomic E-state index is 0.0131. The summed E-state index contributed by atoms with van der Waals surface area (Å²) in [6.07, 6.45) is 1.43. The number of hydrogen-bond donors (Lipinski definition) is 0. The molecule has 1 aliphatic heterocycles. The number of amides is 1. The Morgan fingerprint density at radius 2 is 2.14 bits per heavy atom. The number of ether oxygens (including phenoxy) is 2. The molecular weight excluding hydrogens is 312 g/mol. The topological polar surface area (TPSA) is 99.0 Å². The van der Waals surface area contributed by atoms with Crippen molar-refractivity contribution in [3.8, 4) is 5.75 Å². The largest absolute Gasteiger partial charge is 0.477 e. The van der Waals surface area contributed by atoms with Crippen molar-refractivity contribution in [3.05, 3.63) is 28.3 Å². The lowest BCUT2D eigenvalue weighted by molar-refractivity contribution is -0.386. The molecule has 0 bridgehead atoms. The first kappa shape index (κ1) is 16.4. The highest BCUT2D eigenvalue weighted by Gasteiger charge is 2.21. The summed E-state index contributed by atoms with van der Waals surface area (Å²) < 4.78 is 21.8. The predicted molar refractivity (Wildman–Crippen MR) is 78.3 cm³/mol. The van der Waals surface area contributed by atoms with Crippen LogP contribution in [-0.4, -0.2) is 59.1 Å². The number of nitro groups is 1. The van der Waals surface area contributed by atoms with Gasteiger partial charge in [0.25, 0.3) is 5.91 Å². The van der Waals surface area contributed by atoms with Gasteiger partial charge < -0.3 is 14.4 Å². The molecule has 0 radical (unpaired) electrons. The highest BCUT2D eigenvalue weighted by atomic mass is 32.2. The Kier molecular flexibility index (Phi) is 5.45. The molecule has 0 N–H and O–H groups in total. The number of nitro benzene ring substituents is 1. The molecule has 1 aromatic rings. The van der Waals surface area contributed by atoms with Crippen molar-refractivity contribution in [1.29, 1.82) is 0 Å². The van der Waals surface area contributed by atoms with Crippen molar-refractivity contribution in [2.24, 2.45) is 0 Å². The van der Waals surface area contributed by atoms with Gasteiger partial charge in [0, 0.05) is 30.3 Å². The zero-order valence-electron chi connectivity index (χ0n) is 12.0. The Labute approximate surface area is 129 Å². The van der Waals surface area contributed by atoms with E-state index in [1.165, 1.54) is 24.5 Å². The highest BCUT2D eigenvalue weighted by Crippen LogP contribution is 2.29. The Balaban J connectivity index is 2.07. The zero-order valence-corrected chi connectivity index (χ0v) is 12.8. The van der Waals surface area contributed by atoms with E-state index in [1.54, 1.807) is 4.90 Å². The Hall–Kier alpha value is -2.00. The quantitative estimate of drug-likeness (QED) is 0.579. The summed E-state index contributed by atoms with van der Waals surface area (Å²) in [5, 5.41) is 11.1. The van der Waals surface area contributed by atoms with Crippen molar-refractivity contribution in [1.82, 2.24) is 4.90 Å². The monoisotopic (exact) mass is 328 g/mol. The van der Waals surface area contributed by atoms with Gasteiger partial charge in [-0.05, 0) is 12.1 Å². The average Bonchev–Trinajstić information content (AvgIpc) is 2.53. The van der Waals surface area contributed by atoms with Crippen molar-refractivity contribution >= 4 is 22.4 Å². The molecule has 120 valence electrons. The molecule has 1 atom stereocenters. The number of carbonyl (C=O) groups is 1. The normalized spacial score (nSPS) is 16.1. The Bertz CT molecular complexity index is 600. The third-order valence-corrected chi connectivity index (χ3v) is 4.09. The third-order valence-electron chi connectivity index (χ3n) is 3.17. The maximum Gasteiger partial charge on any atom is 0.312 e. The summed E-state index contributed by atoms with van der Waals surface area (Å²) in [6.45, 7) is 1.64. The van der Waals surface area contributed by atoms with Gasteiger partial charge >= 0.3 is 5.69 Å². The van der Waals surface area contributed by atoms with E-state index < -0.39 is 15.7 Å². The molecule has 1 aliphatic rings. The van der Waals surface area contributed by atoms with Crippen LogP contribution in [0.4, 0.5) is 5.69 Å². The van der Waals surface area contributed by atoms with E-state index >= 15 is 0 Å². The van der Waals surface area contributed by atoms with Crippen LogP contribution in [0.2, 0.25) is 0 Å². The lowest BCUT2D eigenvalue weighted by Crippen LogP contribution is -2.43. The van der Waals surface area contributed by atoms with Crippen LogP contribution in [0.1, 0.15) is 0 Å². The van der Waals surface area contributed by atoms with Crippen LogP contribution in [0, 0.1) is 10.1 Å². The van der Waals surface area contributed by atoms with Crippen LogP contribution in [0.15, 0.2) is 23.1 Å². The van der Waals surface area contributed by atoms with Crippen molar-refractivity contribution in [2.75, 3.05) is 39.2 Å². The van der Waals surface area contributed by atoms with Gasteiger partial charge in [-0.1, -0.05) is 0 Å². The fourth-order valence-corrected chi connectivity index (χ4v) is 2.52. The summed E-state index contributed by atoms with van der Waals surface area (Å²) >= 11 is 0. The van der Waals surface area contributed by atoms with E-state index in [0.29, 0.717) is 31.2 Å². The molecule has 2 rings (SSSR count). The van der Waals surface area contributed by atoms with Gasteiger partial charge in [-0.2, -0.15) is 0 Å². The maximum atomic E-state index is 12.0. The molecule has 1 unspecified atom stereocenters. The lowest BCUT2D eigenvalue weighted by Gasteiger charge is -2.26. The van der Waals surface area contributed by atoms with Crippen LogP contribution >= 0.6 is 0 Å². The molecule has 1 saturated heterocycles. The van der Waals surface area contributed by atoms with E-state index in [-0.39, 0.29) is 24.0 Å². The van der Waals surface area contributed by atoms with E-state index in [9.17, 15) is 19.1 Å². The van der Waals surface area contributed by atoms with E-state index in [1.807, 2.05) is 0 Å². The molecule has 0 aliphatic carbocycles. The standard InChI is InChI=1S/C13H16N2O6S/c1-22(19)10-2-3-12(11(8-10)15(17)18)21-9-13(16)14-4-6-20-7-5-14/h2-3,8H,4-7,9H2,1H3. The molecule has 0 spiro atoms. The molecule has 1 aromatic carbocycles. The van der Waals surface area contributed by atoms with Gasteiger partial charge in [0.1, 0.15) is 0 Å². The number of benzene rings is 1. The summed E-state index contributed by atoms with van der Waals surface area (Å²) in [6, 6.07) is 4.05. The van der Waals surface area contributed by atoms with Gasteiger partial charge in [0.15, 0.2) is 12.4 Å². The summed E-state index contributed by atoms with van der Waals surface area (Å²) in [5.41, 5.74) is -0.303. The fraction of sp³-hybridized carbons (Fsp3) is 0.462. The molecule has 8 nitrogen and oxygen atoms in total. The molecule has 1 amide bonds. The second-order valence-corrected chi connectivity index (χ2v) is 6.00. The number of carbonyl (C=O) groups excluding carboxylic acids is 1. The van der Waals surface area contributed by atoms with E-state index in [0.717, 1.165) is 0 Å². The minimum atomic E-state index is -1.33. The number of hydrogen-bond acceptors (Lipinski definition) is 6. The summed E-state index contributed by atoms with van der Waals surface area (Å²) in [4.78, 5) is 24.3. The number of nitrogens with zero attached hydrogens (tertiary/aromatic N) is 2. The minimum Gasteiger partial charge on any atom is -0.477 e. The molecule has 22 heavy (non-hydrogen) atoms. The Morgan fingerprint density at radius 1 is 1.45 bits per heavy atom. The second kappa shape index (κ2) is 7.32. The maximum absolute atomic E-state index is 12.0. The van der Waals surface area contributed by atoms with E-state index in [4.69, 9.17) is 9.47 Å². The SMILES string of the molecule is CS(=O)c1ccc(OCC(=O)N2CCOCC2)c([N+](=O)[O-])c1. The highest BCUT2D eigenvalue weighted by molar-refractivity contribution is 7.84. The van der Waals surface area contributed by atoms with Crippen molar-refractivity contribution < 1.29 is 23.4 Å². The number of rotatable bonds is 5. The van der Waals surface area contributed by atoms with Gasteiger partial charge in [-0.15, -0.1) is 0 Å². The van der Waals surface area contributed by atoms with Gasteiger partial charge in [0.2, 0.25) is 0 Å². The van der Waals surface area contributed by atoms with Gasteiger partial charge in [-0.3, -0.25) is 19.1 Å². The Morgan fingerprint density at radius 3 is 2.73 bits per heavy atom. The molecule has 9 heteroatoms. The van der Waals surface area contributed by atoms with Crippen LogP contribution in [0.3, 0.4) is 0 Å². The average molecular weight is 328 g/mol. The van der Waals surface area contributed by atoms with Gasteiger partial charge in [0.05, 0.1) is 28.9 Å². The zero-order chi connectivity index (χ0) is 16.1. The fourth-order valence-electron chi connectivity index (χ4n) is 1.98. The van der Waals surface area contributed by atoms with Gasteiger partial charge in [-0.25, -0.2) is 0 Å². The third kappa shape index (κ3) is 4.01. The van der Waals surface area contributed by atoms with Crippen LogP contribution < -0.4 is 4.74 Å². The lowest BCUT2D eigenvalue weighted by atomic mass is 10.3. The van der Waals surface area contributed by atoms with Crippen molar-refractivity contribution in [2.45, 2.75) is 4.90 Å². The van der Waals surface area contributed by atoms with Crippen LogP contribution in [0.25, 0.3) is 0 Å². The second-order valence-electron chi connectivity index (χ2n) is 4.62. The number of morpholine rings is 1. The molecule has 0 aromatic heterocycles. The molecular formula is C13H16N2O6S. The van der Waals surface area contributed by atoms with Crippen molar-refractivity contribution in [3.63, 3.8) is 0 Å². The first-order chi connectivity index (χ1) is 10.5.